The summed E-state index contributed by atoms with van der Waals surface area (Å²) >= 11 is 0. The summed E-state index contributed by atoms with van der Waals surface area (Å²) in [6.07, 6.45) is 8.67. The van der Waals surface area contributed by atoms with Crippen molar-refractivity contribution in [2.24, 2.45) is 0 Å². The number of unbranched alkanes of at least 4 members (excludes halogenated alkanes) is 20. The molecule has 0 spiro atoms. The lowest BCUT2D eigenvalue weighted by Crippen LogP contribution is -2.61. The Morgan fingerprint density at radius 2 is 0.879 bits per heavy atom. The zero-order valence-corrected chi connectivity index (χ0v) is 35.5. The first-order chi connectivity index (χ1) is 28.0. The molecule has 0 aromatic carbocycles. The number of carbonyl (C=O) groups is 2. The molecule has 342 valence electrons. The van der Waals surface area contributed by atoms with Crippen molar-refractivity contribution in [1.29, 1.82) is 0 Å². The van der Waals surface area contributed by atoms with E-state index in [1.807, 2.05) is 0 Å². The molecule has 7 N–H and O–H groups in total. The summed E-state index contributed by atoms with van der Waals surface area (Å²) < 4.78 is 33.4. The SMILES string of the molecule is CCCCCCCCCCCCCC(=O)OC[C@H](CO[C@@H]1O[C@H](CO[C@@H]2O[C@H](CO)[C@H](O)C(O)C2O)[C@H](O)C(O)C1O)OC(=O)CCCCCCCCCCCCC. The molecule has 2 aliphatic heterocycles. The van der Waals surface area contributed by atoms with E-state index in [-0.39, 0.29) is 26.1 Å². The molecule has 0 aromatic heterocycles. The van der Waals surface area contributed by atoms with E-state index in [2.05, 4.69) is 13.8 Å². The standard InChI is InChI=1S/C43H80O15/c1-3-5-7-9-11-13-15-17-19-21-23-25-34(45)53-28-31(56-35(46)26-24-22-20-18-16-14-12-10-8-6-4-2)29-54-42-41(52)39(50)37(48)33(58-42)30-55-43-40(51)38(49)36(47)32(27-44)57-43/h31-33,36-44,47-52H,3-30H2,1-2H3/t31-,32-,33-,36+,37+,38?,39?,40?,41?,42-,43-/m1/s1. The second-order valence-electron chi connectivity index (χ2n) is 16.2. The van der Waals surface area contributed by atoms with Crippen LogP contribution in [0.1, 0.15) is 168 Å². The highest BCUT2D eigenvalue weighted by Gasteiger charge is 2.47. The van der Waals surface area contributed by atoms with Gasteiger partial charge in [-0.05, 0) is 12.8 Å². The maximum atomic E-state index is 12.9. The Morgan fingerprint density at radius 1 is 0.483 bits per heavy atom. The van der Waals surface area contributed by atoms with Gasteiger partial charge in [-0.3, -0.25) is 9.59 Å². The Kier molecular flexibility index (Phi) is 29.3. The predicted molar refractivity (Wildman–Crippen MR) is 215 cm³/mol. The highest BCUT2D eigenvalue weighted by molar-refractivity contribution is 5.70. The van der Waals surface area contributed by atoms with Gasteiger partial charge in [0.05, 0.1) is 19.8 Å². The van der Waals surface area contributed by atoms with Crippen molar-refractivity contribution in [3.63, 3.8) is 0 Å². The van der Waals surface area contributed by atoms with Crippen molar-refractivity contribution in [1.82, 2.24) is 0 Å². The maximum Gasteiger partial charge on any atom is 0.306 e. The van der Waals surface area contributed by atoms with E-state index in [9.17, 15) is 45.3 Å². The molecule has 58 heavy (non-hydrogen) atoms. The smallest absolute Gasteiger partial charge is 0.306 e. The lowest BCUT2D eigenvalue weighted by molar-refractivity contribution is -0.332. The van der Waals surface area contributed by atoms with Crippen LogP contribution in [0.2, 0.25) is 0 Å². The third-order valence-corrected chi connectivity index (χ3v) is 11.1. The number of esters is 2. The van der Waals surface area contributed by atoms with Gasteiger partial charge in [-0.2, -0.15) is 0 Å². The van der Waals surface area contributed by atoms with Crippen LogP contribution < -0.4 is 0 Å². The van der Waals surface area contributed by atoms with Crippen molar-refractivity contribution in [3.05, 3.63) is 0 Å². The molecule has 2 aliphatic rings. The van der Waals surface area contributed by atoms with Crippen LogP contribution in [0.4, 0.5) is 0 Å². The van der Waals surface area contributed by atoms with Crippen molar-refractivity contribution >= 4 is 11.9 Å². The van der Waals surface area contributed by atoms with E-state index in [1.165, 1.54) is 89.9 Å². The highest BCUT2D eigenvalue weighted by Crippen LogP contribution is 2.26. The van der Waals surface area contributed by atoms with Gasteiger partial charge >= 0.3 is 11.9 Å². The highest BCUT2D eigenvalue weighted by atomic mass is 16.7. The molecule has 4 unspecified atom stereocenters. The number of rotatable bonds is 34. The number of aliphatic hydroxyl groups is 7. The maximum absolute atomic E-state index is 12.9. The summed E-state index contributed by atoms with van der Waals surface area (Å²) in [5.41, 5.74) is 0. The van der Waals surface area contributed by atoms with E-state index in [4.69, 9.17) is 28.4 Å². The van der Waals surface area contributed by atoms with Crippen LogP contribution in [0.25, 0.3) is 0 Å². The first-order valence-corrected chi connectivity index (χ1v) is 22.6. The molecule has 2 heterocycles. The topological polar surface area (TPSA) is 231 Å². The van der Waals surface area contributed by atoms with Crippen LogP contribution >= 0.6 is 0 Å². The van der Waals surface area contributed by atoms with Crippen molar-refractivity contribution in [3.8, 4) is 0 Å². The summed E-state index contributed by atoms with van der Waals surface area (Å²) in [6.45, 7) is 2.56. The molecule has 2 saturated heterocycles. The van der Waals surface area contributed by atoms with Crippen molar-refractivity contribution in [2.75, 3.05) is 26.4 Å². The van der Waals surface area contributed by atoms with Crippen LogP contribution in [0.5, 0.6) is 0 Å². The van der Waals surface area contributed by atoms with Gasteiger partial charge in [0.25, 0.3) is 0 Å². The van der Waals surface area contributed by atoms with Crippen molar-refractivity contribution < 1.29 is 73.8 Å². The van der Waals surface area contributed by atoms with E-state index in [0.29, 0.717) is 12.8 Å². The van der Waals surface area contributed by atoms with E-state index >= 15 is 0 Å². The monoisotopic (exact) mass is 837 g/mol. The Bertz CT molecular complexity index is 1030. The van der Waals surface area contributed by atoms with Crippen LogP contribution in [0, 0.1) is 0 Å². The van der Waals surface area contributed by atoms with Gasteiger partial charge in [0.2, 0.25) is 0 Å². The number of hydrogen-bond donors (Lipinski definition) is 7. The summed E-state index contributed by atoms with van der Waals surface area (Å²) in [6, 6.07) is 0. The van der Waals surface area contributed by atoms with Crippen LogP contribution in [0.15, 0.2) is 0 Å². The first kappa shape index (κ1) is 52.6. The molecular formula is C43H80O15. The van der Waals surface area contributed by atoms with Gasteiger partial charge in [-0.1, -0.05) is 142 Å². The fourth-order valence-corrected chi connectivity index (χ4v) is 7.28. The molecule has 0 radical (unpaired) electrons. The van der Waals surface area contributed by atoms with Crippen LogP contribution in [0.3, 0.4) is 0 Å². The average molecular weight is 837 g/mol. The minimum absolute atomic E-state index is 0.172. The van der Waals surface area contributed by atoms with Gasteiger partial charge in [0.1, 0.15) is 55.4 Å². The van der Waals surface area contributed by atoms with E-state index in [0.717, 1.165) is 38.5 Å². The van der Waals surface area contributed by atoms with Gasteiger partial charge in [-0.25, -0.2) is 0 Å². The zero-order valence-electron chi connectivity index (χ0n) is 35.5. The molecule has 2 fully saturated rings. The van der Waals surface area contributed by atoms with Gasteiger partial charge in [0.15, 0.2) is 18.7 Å². The van der Waals surface area contributed by atoms with E-state index < -0.39 is 92.7 Å². The molecule has 0 aromatic rings. The first-order valence-electron chi connectivity index (χ1n) is 22.6. The Morgan fingerprint density at radius 3 is 1.34 bits per heavy atom. The number of ether oxygens (including phenoxy) is 6. The molecule has 15 nitrogen and oxygen atoms in total. The average Bonchev–Trinajstić information content (AvgIpc) is 3.21. The Hall–Kier alpha value is -1.50. The minimum atomic E-state index is -1.76. The van der Waals surface area contributed by atoms with Crippen molar-refractivity contribution in [2.45, 2.75) is 235 Å². The van der Waals surface area contributed by atoms with Crippen LogP contribution in [-0.2, 0) is 38.0 Å². The molecule has 15 heteroatoms. The number of hydrogen-bond acceptors (Lipinski definition) is 15. The Balaban J connectivity index is 1.86. The second kappa shape index (κ2) is 32.2. The molecule has 0 amide bonds. The zero-order chi connectivity index (χ0) is 42.5. The summed E-state index contributed by atoms with van der Waals surface area (Å²) in [5.74, 6) is -0.919. The third-order valence-electron chi connectivity index (χ3n) is 11.1. The van der Waals surface area contributed by atoms with Gasteiger partial charge < -0.3 is 64.2 Å². The Labute approximate surface area is 347 Å². The summed E-state index contributed by atoms with van der Waals surface area (Å²) in [7, 11) is 0. The quantitative estimate of drug-likeness (QED) is 0.0350. The second-order valence-corrected chi connectivity index (χ2v) is 16.2. The lowest BCUT2D eigenvalue weighted by Gasteiger charge is -2.42. The lowest BCUT2D eigenvalue weighted by atomic mass is 9.98. The fourth-order valence-electron chi connectivity index (χ4n) is 7.28. The third kappa shape index (κ3) is 21.3. The molecular weight excluding hydrogens is 756 g/mol. The molecule has 11 atom stereocenters. The predicted octanol–water partition coefficient (Wildman–Crippen LogP) is 4.48. The molecule has 2 rings (SSSR count). The normalized spacial score (nSPS) is 28.0. The number of aliphatic hydroxyl groups excluding tert-OH is 7. The summed E-state index contributed by atoms with van der Waals surface area (Å²) in [5, 5.41) is 71.7. The minimum Gasteiger partial charge on any atom is -0.462 e. The summed E-state index contributed by atoms with van der Waals surface area (Å²) in [4.78, 5) is 25.5. The van der Waals surface area contributed by atoms with Gasteiger partial charge in [0, 0.05) is 12.8 Å². The number of carbonyl (C=O) groups excluding carboxylic acids is 2. The van der Waals surface area contributed by atoms with Crippen LogP contribution in [-0.4, -0.2) is 142 Å². The van der Waals surface area contributed by atoms with E-state index in [1.54, 1.807) is 0 Å². The molecule has 0 bridgehead atoms. The largest absolute Gasteiger partial charge is 0.462 e. The molecule has 0 saturated carbocycles. The van der Waals surface area contributed by atoms with Gasteiger partial charge in [-0.15, -0.1) is 0 Å². The molecule has 0 aliphatic carbocycles. The fraction of sp³-hybridized carbons (Fsp3) is 0.953.